The molecule has 0 fully saturated rings. The molecule has 0 spiro atoms. The van der Waals surface area contributed by atoms with E-state index in [2.05, 4.69) is 122 Å². The maximum Gasteiger partial charge on any atom is 0.0555 e. The van der Waals surface area contributed by atoms with Crippen LogP contribution < -0.4 is 0 Å². The summed E-state index contributed by atoms with van der Waals surface area (Å²) in [7, 11) is 0. The number of aromatic nitrogens is 1. The lowest BCUT2D eigenvalue weighted by Crippen LogP contribution is -2.14. The molecule has 0 bridgehead atoms. The van der Waals surface area contributed by atoms with Gasteiger partial charge in [0.05, 0.1) is 16.7 Å². The zero-order valence-electron chi connectivity index (χ0n) is 19.7. The Kier molecular flexibility index (Phi) is 3.67. The molecule has 1 aliphatic carbocycles. The summed E-state index contributed by atoms with van der Waals surface area (Å²) < 4.78 is 5.18. The fourth-order valence-corrected chi connectivity index (χ4v) is 7.49. The second-order valence-corrected chi connectivity index (χ2v) is 11.3. The van der Waals surface area contributed by atoms with E-state index in [1.165, 1.54) is 69.9 Å². The van der Waals surface area contributed by atoms with Crippen LogP contribution in [0.3, 0.4) is 0 Å². The fraction of sp³-hybridized carbons (Fsp3) is 0.0909. The number of hydrogen-bond acceptors (Lipinski definition) is 1. The van der Waals surface area contributed by atoms with Gasteiger partial charge in [-0.05, 0) is 58.7 Å². The number of nitrogens with zero attached hydrogens (tertiary/aromatic N) is 1. The van der Waals surface area contributed by atoms with Gasteiger partial charge in [-0.3, -0.25) is 0 Å². The first-order chi connectivity index (χ1) is 17.1. The molecule has 8 rings (SSSR count). The Morgan fingerprint density at radius 3 is 2.23 bits per heavy atom. The van der Waals surface area contributed by atoms with Gasteiger partial charge >= 0.3 is 0 Å². The first-order valence-corrected chi connectivity index (χ1v) is 13.0. The van der Waals surface area contributed by atoms with Gasteiger partial charge in [0, 0.05) is 36.4 Å². The Labute approximate surface area is 207 Å². The zero-order chi connectivity index (χ0) is 23.3. The zero-order valence-corrected chi connectivity index (χ0v) is 20.5. The Morgan fingerprint density at radius 1 is 0.571 bits per heavy atom. The van der Waals surface area contributed by atoms with Gasteiger partial charge in [0.25, 0.3) is 0 Å². The molecule has 0 atom stereocenters. The number of fused-ring (bicyclic) bond motifs is 9. The molecule has 0 aliphatic heterocycles. The number of rotatable bonds is 1. The summed E-state index contributed by atoms with van der Waals surface area (Å²) in [5.41, 5.74) is 9.37. The van der Waals surface area contributed by atoms with Crippen LogP contribution >= 0.6 is 11.3 Å². The monoisotopic (exact) mass is 465 g/mol. The number of benzene rings is 5. The molecule has 2 heteroatoms. The average molecular weight is 466 g/mol. The smallest absolute Gasteiger partial charge is 0.0555 e. The van der Waals surface area contributed by atoms with Gasteiger partial charge in [-0.1, -0.05) is 80.6 Å². The van der Waals surface area contributed by atoms with E-state index < -0.39 is 0 Å². The van der Waals surface area contributed by atoms with Gasteiger partial charge in [-0.25, -0.2) is 0 Å². The lowest BCUT2D eigenvalue weighted by Gasteiger charge is -2.21. The minimum absolute atomic E-state index is 0.00705. The molecule has 0 N–H and O–H groups in total. The van der Waals surface area contributed by atoms with E-state index in [-0.39, 0.29) is 5.41 Å². The highest BCUT2D eigenvalue weighted by molar-refractivity contribution is 7.25. The molecule has 166 valence electrons. The predicted molar refractivity (Wildman–Crippen MR) is 151 cm³/mol. The summed E-state index contributed by atoms with van der Waals surface area (Å²) in [4.78, 5) is 0. The summed E-state index contributed by atoms with van der Waals surface area (Å²) in [6.45, 7) is 4.72. The van der Waals surface area contributed by atoms with Gasteiger partial charge in [0.15, 0.2) is 0 Å². The molecule has 5 aromatic carbocycles. The lowest BCUT2D eigenvalue weighted by atomic mass is 9.82. The van der Waals surface area contributed by atoms with E-state index in [0.717, 1.165) is 0 Å². The van der Waals surface area contributed by atoms with Crippen molar-refractivity contribution >= 4 is 53.3 Å². The van der Waals surface area contributed by atoms with Crippen molar-refractivity contribution < 1.29 is 0 Å². The van der Waals surface area contributed by atoms with Crippen LogP contribution in [0.2, 0.25) is 0 Å². The van der Waals surface area contributed by atoms with Crippen molar-refractivity contribution in [1.29, 1.82) is 0 Å². The van der Waals surface area contributed by atoms with E-state index in [1.54, 1.807) is 0 Å². The lowest BCUT2D eigenvalue weighted by molar-refractivity contribution is 0.661. The van der Waals surface area contributed by atoms with Crippen molar-refractivity contribution in [2.75, 3.05) is 0 Å². The molecule has 1 nitrogen and oxygen atoms in total. The summed E-state index contributed by atoms with van der Waals surface area (Å²) >= 11 is 1.88. The largest absolute Gasteiger partial charge is 0.309 e. The van der Waals surface area contributed by atoms with Crippen molar-refractivity contribution in [2.45, 2.75) is 19.3 Å². The highest BCUT2D eigenvalue weighted by Gasteiger charge is 2.36. The molecule has 35 heavy (non-hydrogen) atoms. The highest BCUT2D eigenvalue weighted by Crippen LogP contribution is 2.51. The standard InChI is InChI=1S/C33H23NS/c1-33(2)25-13-6-3-10-20(25)23-19-29-24(18-26(23)33)21-11-4-7-14-27(21)34(29)28-15-9-17-31-32(28)22-12-5-8-16-30(22)35-31/h3-19H,1-2H3. The first kappa shape index (κ1) is 19.4. The third-order valence-corrected chi connectivity index (χ3v) is 9.13. The maximum atomic E-state index is 2.50. The minimum atomic E-state index is -0.00705. The van der Waals surface area contributed by atoms with Crippen LogP contribution in [0.1, 0.15) is 25.0 Å². The normalized spacial score (nSPS) is 14.2. The number of hydrogen-bond donors (Lipinski definition) is 0. The van der Waals surface area contributed by atoms with Crippen LogP contribution in [-0.4, -0.2) is 4.57 Å². The summed E-state index contributed by atoms with van der Waals surface area (Å²) in [6.07, 6.45) is 0. The summed E-state index contributed by atoms with van der Waals surface area (Å²) in [5, 5.41) is 5.32. The topological polar surface area (TPSA) is 4.93 Å². The molecular formula is C33H23NS. The van der Waals surface area contributed by atoms with Gasteiger partial charge in [-0.2, -0.15) is 0 Å². The quantitative estimate of drug-likeness (QED) is 0.227. The predicted octanol–water partition coefficient (Wildman–Crippen LogP) is 9.46. The summed E-state index contributed by atoms with van der Waals surface area (Å²) in [6, 6.07) is 38.3. The van der Waals surface area contributed by atoms with Crippen LogP contribution in [0.5, 0.6) is 0 Å². The number of para-hydroxylation sites is 1. The van der Waals surface area contributed by atoms with Gasteiger partial charge in [0.1, 0.15) is 0 Å². The second-order valence-electron chi connectivity index (χ2n) is 10.2. The van der Waals surface area contributed by atoms with Crippen molar-refractivity contribution in [3.8, 4) is 16.8 Å². The maximum absolute atomic E-state index is 2.50. The van der Waals surface area contributed by atoms with Crippen molar-refractivity contribution in [3.05, 3.63) is 114 Å². The third-order valence-electron chi connectivity index (χ3n) is 8.00. The molecular weight excluding hydrogens is 442 g/mol. The molecule has 0 radical (unpaired) electrons. The van der Waals surface area contributed by atoms with Crippen molar-refractivity contribution in [2.24, 2.45) is 0 Å². The Hall–Kier alpha value is -3.88. The van der Waals surface area contributed by atoms with Crippen LogP contribution in [-0.2, 0) is 5.41 Å². The van der Waals surface area contributed by atoms with E-state index in [1.807, 2.05) is 11.3 Å². The molecule has 0 unspecified atom stereocenters. The van der Waals surface area contributed by atoms with E-state index in [0.29, 0.717) is 0 Å². The Balaban J connectivity index is 1.56. The second kappa shape index (κ2) is 6.62. The minimum Gasteiger partial charge on any atom is -0.309 e. The molecule has 2 aromatic heterocycles. The van der Waals surface area contributed by atoms with Crippen LogP contribution in [0.15, 0.2) is 103 Å². The molecule has 1 aliphatic rings. The van der Waals surface area contributed by atoms with Crippen LogP contribution in [0.4, 0.5) is 0 Å². The average Bonchev–Trinajstić information content (AvgIpc) is 3.50. The molecule has 7 aromatic rings. The SMILES string of the molecule is CC1(C)c2ccccc2-c2cc3c(cc21)c1ccccc1n3-c1cccc2sc3ccccc3c12. The van der Waals surface area contributed by atoms with E-state index >= 15 is 0 Å². The van der Waals surface area contributed by atoms with Crippen LogP contribution in [0.25, 0.3) is 58.8 Å². The van der Waals surface area contributed by atoms with Gasteiger partial charge in [0.2, 0.25) is 0 Å². The fourth-order valence-electron chi connectivity index (χ4n) is 6.36. The van der Waals surface area contributed by atoms with E-state index in [9.17, 15) is 0 Å². The van der Waals surface area contributed by atoms with E-state index in [4.69, 9.17) is 0 Å². The van der Waals surface area contributed by atoms with Crippen molar-refractivity contribution in [3.63, 3.8) is 0 Å². The van der Waals surface area contributed by atoms with Crippen molar-refractivity contribution in [1.82, 2.24) is 4.57 Å². The molecule has 2 heterocycles. The van der Waals surface area contributed by atoms with Gasteiger partial charge in [-0.15, -0.1) is 11.3 Å². The summed E-state index contributed by atoms with van der Waals surface area (Å²) in [5.74, 6) is 0. The Bertz CT molecular complexity index is 1980. The molecule has 0 amide bonds. The third kappa shape index (κ3) is 2.42. The molecule has 0 saturated carbocycles. The number of thiophene rings is 1. The highest BCUT2D eigenvalue weighted by atomic mass is 32.1. The molecule has 0 saturated heterocycles. The van der Waals surface area contributed by atoms with Gasteiger partial charge < -0.3 is 4.57 Å². The Morgan fingerprint density at radius 2 is 1.31 bits per heavy atom. The first-order valence-electron chi connectivity index (χ1n) is 12.2. The van der Waals surface area contributed by atoms with Crippen LogP contribution in [0, 0.1) is 0 Å².